The fourth-order valence-electron chi connectivity index (χ4n) is 0.921. The molecule has 2 nitrogen and oxygen atoms in total. The maximum atomic E-state index is 8.66. The predicted octanol–water partition coefficient (Wildman–Crippen LogP) is 1.91. The number of hydrogen-bond donors (Lipinski definition) is 1. The Hall–Kier alpha value is -1.48. The average molecular weight is 205 g/mol. The van der Waals surface area contributed by atoms with Crippen LogP contribution in [0.3, 0.4) is 0 Å². The molecule has 0 aliphatic carbocycles. The molecule has 2 N–H and O–H groups in total. The molecule has 0 amide bonds. The molecular weight excluding hydrogens is 196 g/mol. The fraction of sp³-hybridized carbons (Fsp3) is 0.182. The smallest absolute Gasteiger partial charge is 0.0992 e. The van der Waals surface area contributed by atoms with E-state index < -0.39 is 0 Å². The molecule has 0 aromatic heterocycles. The third kappa shape index (κ3) is 2.78. The standard InChI is InChI=1S/C11H9ClN2/c12-11-5-4-9(8-14)7-10(11)3-1-2-6-13/h4-5,7H,2,6,13H2. The highest BCUT2D eigenvalue weighted by Crippen LogP contribution is 2.15. The van der Waals surface area contributed by atoms with Gasteiger partial charge in [-0.15, -0.1) is 0 Å². The first-order chi connectivity index (χ1) is 6.77. The van der Waals surface area contributed by atoms with Gasteiger partial charge in [0.15, 0.2) is 0 Å². The first-order valence-electron chi connectivity index (χ1n) is 4.16. The molecule has 0 spiro atoms. The van der Waals surface area contributed by atoms with Gasteiger partial charge in [0.2, 0.25) is 0 Å². The monoisotopic (exact) mass is 204 g/mol. The molecule has 0 unspecified atom stereocenters. The van der Waals surface area contributed by atoms with Gasteiger partial charge in [-0.05, 0) is 18.2 Å². The average Bonchev–Trinajstić information content (AvgIpc) is 2.21. The van der Waals surface area contributed by atoms with Gasteiger partial charge in [-0.2, -0.15) is 5.26 Å². The third-order valence-electron chi connectivity index (χ3n) is 1.59. The lowest BCUT2D eigenvalue weighted by Gasteiger charge is -1.95. The van der Waals surface area contributed by atoms with Crippen molar-refractivity contribution < 1.29 is 0 Å². The Labute approximate surface area is 88.3 Å². The molecule has 1 aromatic rings. The van der Waals surface area contributed by atoms with Crippen LogP contribution in [0.2, 0.25) is 5.02 Å². The molecule has 0 saturated heterocycles. The lowest BCUT2D eigenvalue weighted by molar-refractivity contribution is 1.03. The minimum absolute atomic E-state index is 0.530. The Morgan fingerprint density at radius 1 is 1.43 bits per heavy atom. The molecule has 70 valence electrons. The highest BCUT2D eigenvalue weighted by molar-refractivity contribution is 6.31. The molecule has 0 heterocycles. The van der Waals surface area contributed by atoms with E-state index in [9.17, 15) is 0 Å². The Morgan fingerprint density at radius 2 is 2.21 bits per heavy atom. The van der Waals surface area contributed by atoms with E-state index in [1.807, 2.05) is 6.07 Å². The summed E-state index contributed by atoms with van der Waals surface area (Å²) in [4.78, 5) is 0. The summed E-state index contributed by atoms with van der Waals surface area (Å²) >= 11 is 5.89. The number of benzene rings is 1. The Balaban J connectivity index is 2.98. The second kappa shape index (κ2) is 5.29. The number of hydrogen-bond acceptors (Lipinski definition) is 2. The van der Waals surface area contributed by atoms with Gasteiger partial charge in [-0.1, -0.05) is 23.4 Å². The minimum Gasteiger partial charge on any atom is -0.330 e. The van der Waals surface area contributed by atoms with Gasteiger partial charge in [-0.3, -0.25) is 0 Å². The summed E-state index contributed by atoms with van der Waals surface area (Å²) in [7, 11) is 0. The zero-order valence-corrected chi connectivity index (χ0v) is 8.30. The SMILES string of the molecule is N#Cc1ccc(Cl)c(C#CCCN)c1. The van der Waals surface area contributed by atoms with Crippen LogP contribution in [-0.2, 0) is 0 Å². The molecule has 1 rings (SSSR count). The van der Waals surface area contributed by atoms with Crippen LogP contribution in [0.1, 0.15) is 17.5 Å². The number of halogens is 1. The summed E-state index contributed by atoms with van der Waals surface area (Å²) < 4.78 is 0. The molecule has 0 aliphatic rings. The van der Waals surface area contributed by atoms with Crippen molar-refractivity contribution in [2.24, 2.45) is 5.73 Å². The normalized spacial score (nSPS) is 8.64. The Kier molecular flexibility index (Phi) is 4.01. The second-order valence-electron chi connectivity index (χ2n) is 2.65. The van der Waals surface area contributed by atoms with E-state index in [0.29, 0.717) is 29.1 Å². The van der Waals surface area contributed by atoms with E-state index in [2.05, 4.69) is 11.8 Å². The van der Waals surface area contributed by atoms with Gasteiger partial charge in [-0.25, -0.2) is 0 Å². The second-order valence-corrected chi connectivity index (χ2v) is 3.05. The van der Waals surface area contributed by atoms with E-state index >= 15 is 0 Å². The van der Waals surface area contributed by atoms with Gasteiger partial charge in [0.05, 0.1) is 16.7 Å². The molecule has 3 heteroatoms. The number of rotatable bonds is 1. The van der Waals surface area contributed by atoms with Gasteiger partial charge in [0.1, 0.15) is 0 Å². The third-order valence-corrected chi connectivity index (χ3v) is 1.92. The van der Waals surface area contributed by atoms with Gasteiger partial charge in [0.25, 0.3) is 0 Å². The van der Waals surface area contributed by atoms with E-state index in [4.69, 9.17) is 22.6 Å². The minimum atomic E-state index is 0.530. The molecule has 0 atom stereocenters. The Bertz CT molecular complexity index is 421. The van der Waals surface area contributed by atoms with Crippen LogP contribution in [0.25, 0.3) is 0 Å². The van der Waals surface area contributed by atoms with Gasteiger partial charge >= 0.3 is 0 Å². The molecule has 0 saturated carbocycles. The molecular formula is C11H9ClN2. The predicted molar refractivity (Wildman–Crippen MR) is 56.7 cm³/mol. The van der Waals surface area contributed by atoms with Crippen molar-refractivity contribution in [3.05, 3.63) is 34.3 Å². The van der Waals surface area contributed by atoms with Crippen LogP contribution in [0, 0.1) is 23.2 Å². The first kappa shape index (κ1) is 10.6. The lowest BCUT2D eigenvalue weighted by atomic mass is 10.1. The van der Waals surface area contributed by atoms with E-state index in [0.717, 1.165) is 0 Å². The molecule has 0 bridgehead atoms. The summed E-state index contributed by atoms with van der Waals surface area (Å²) in [6, 6.07) is 7.04. The quantitative estimate of drug-likeness (QED) is 0.711. The van der Waals surface area contributed by atoms with Crippen molar-refractivity contribution in [2.45, 2.75) is 6.42 Å². The van der Waals surface area contributed by atoms with Crippen molar-refractivity contribution in [1.82, 2.24) is 0 Å². The number of nitrogens with two attached hydrogens (primary N) is 1. The Morgan fingerprint density at radius 3 is 2.86 bits per heavy atom. The highest BCUT2D eigenvalue weighted by atomic mass is 35.5. The lowest BCUT2D eigenvalue weighted by Crippen LogP contribution is -1.95. The van der Waals surface area contributed by atoms with Crippen molar-refractivity contribution in [3.63, 3.8) is 0 Å². The van der Waals surface area contributed by atoms with Crippen LogP contribution in [0.4, 0.5) is 0 Å². The highest BCUT2D eigenvalue weighted by Gasteiger charge is 1.97. The van der Waals surface area contributed by atoms with E-state index in [1.165, 1.54) is 0 Å². The van der Waals surface area contributed by atoms with Gasteiger partial charge in [0, 0.05) is 18.5 Å². The summed E-state index contributed by atoms with van der Waals surface area (Å²) in [5.74, 6) is 5.75. The molecule has 0 radical (unpaired) electrons. The first-order valence-corrected chi connectivity index (χ1v) is 4.54. The molecule has 0 fully saturated rings. The molecule has 1 aromatic carbocycles. The van der Waals surface area contributed by atoms with E-state index in [1.54, 1.807) is 18.2 Å². The van der Waals surface area contributed by atoms with Crippen LogP contribution < -0.4 is 5.73 Å². The summed E-state index contributed by atoms with van der Waals surface area (Å²) in [6.07, 6.45) is 0.632. The number of nitrogens with zero attached hydrogens (tertiary/aromatic N) is 1. The van der Waals surface area contributed by atoms with Crippen molar-refractivity contribution in [3.8, 4) is 17.9 Å². The van der Waals surface area contributed by atoms with Crippen LogP contribution >= 0.6 is 11.6 Å². The van der Waals surface area contributed by atoms with Crippen molar-refractivity contribution in [2.75, 3.05) is 6.54 Å². The zero-order valence-electron chi connectivity index (χ0n) is 7.55. The maximum absolute atomic E-state index is 8.66. The fourth-order valence-corrected chi connectivity index (χ4v) is 1.09. The molecule has 0 aliphatic heterocycles. The summed E-state index contributed by atoms with van der Waals surface area (Å²) in [5.41, 5.74) is 6.54. The van der Waals surface area contributed by atoms with Crippen LogP contribution in [-0.4, -0.2) is 6.54 Å². The van der Waals surface area contributed by atoms with Crippen molar-refractivity contribution in [1.29, 1.82) is 5.26 Å². The van der Waals surface area contributed by atoms with Crippen LogP contribution in [0.15, 0.2) is 18.2 Å². The zero-order chi connectivity index (χ0) is 10.4. The number of nitriles is 1. The van der Waals surface area contributed by atoms with Crippen molar-refractivity contribution >= 4 is 11.6 Å². The maximum Gasteiger partial charge on any atom is 0.0992 e. The summed E-state index contributed by atoms with van der Waals surface area (Å²) in [5, 5.41) is 9.23. The molecule has 14 heavy (non-hydrogen) atoms. The van der Waals surface area contributed by atoms with Gasteiger partial charge < -0.3 is 5.73 Å². The topological polar surface area (TPSA) is 49.8 Å². The largest absolute Gasteiger partial charge is 0.330 e. The van der Waals surface area contributed by atoms with E-state index in [-0.39, 0.29) is 0 Å². The van der Waals surface area contributed by atoms with Crippen LogP contribution in [0.5, 0.6) is 0 Å². The summed E-state index contributed by atoms with van der Waals surface area (Å²) in [6.45, 7) is 0.530.